The predicted molar refractivity (Wildman–Crippen MR) is 109 cm³/mol. The quantitative estimate of drug-likeness (QED) is 0.624. The zero-order valence-corrected chi connectivity index (χ0v) is 16.8. The molecule has 3 aromatic rings. The van der Waals surface area contributed by atoms with Gasteiger partial charge in [0.1, 0.15) is 0 Å². The number of carbonyl (C=O) groups excluding carboxylic acids is 2. The first-order valence-corrected chi connectivity index (χ1v) is 9.50. The molecule has 3 rings (SSSR count). The summed E-state index contributed by atoms with van der Waals surface area (Å²) >= 11 is 0. The van der Waals surface area contributed by atoms with Gasteiger partial charge < -0.3 is 10.1 Å². The fourth-order valence-corrected chi connectivity index (χ4v) is 3.09. The topological polar surface area (TPSA) is 86.1 Å². The zero-order chi connectivity index (χ0) is 20.8. The van der Waals surface area contributed by atoms with Crippen molar-refractivity contribution in [2.24, 2.45) is 0 Å². The third-order valence-corrected chi connectivity index (χ3v) is 4.54. The molecule has 0 bridgehead atoms. The van der Waals surface area contributed by atoms with E-state index in [1.54, 1.807) is 18.5 Å². The second-order valence-corrected chi connectivity index (χ2v) is 6.72. The molecule has 7 nitrogen and oxygen atoms in total. The van der Waals surface area contributed by atoms with Crippen LogP contribution >= 0.6 is 0 Å². The summed E-state index contributed by atoms with van der Waals surface area (Å²) < 4.78 is 6.69. The van der Waals surface area contributed by atoms with E-state index in [1.165, 1.54) is 0 Å². The molecule has 29 heavy (non-hydrogen) atoms. The Kier molecular flexibility index (Phi) is 6.39. The third kappa shape index (κ3) is 4.87. The molecule has 1 amide bonds. The first-order valence-electron chi connectivity index (χ1n) is 9.50. The molecule has 7 heteroatoms. The number of amides is 1. The van der Waals surface area contributed by atoms with Gasteiger partial charge in [-0.15, -0.1) is 5.10 Å². The van der Waals surface area contributed by atoms with Crippen molar-refractivity contribution in [3.63, 3.8) is 0 Å². The van der Waals surface area contributed by atoms with Crippen molar-refractivity contribution < 1.29 is 14.3 Å². The van der Waals surface area contributed by atoms with Gasteiger partial charge in [-0.1, -0.05) is 47.7 Å². The van der Waals surface area contributed by atoms with Gasteiger partial charge in [-0.3, -0.25) is 9.59 Å². The van der Waals surface area contributed by atoms with Gasteiger partial charge in [0.2, 0.25) is 0 Å². The fourth-order valence-electron chi connectivity index (χ4n) is 3.09. The Hall–Kier alpha value is -3.48. The summed E-state index contributed by atoms with van der Waals surface area (Å²) in [6.45, 7) is 5.82. The number of nitrogens with one attached hydrogen (secondary N) is 1. The summed E-state index contributed by atoms with van der Waals surface area (Å²) in [5.74, 6) is -0.763. The van der Waals surface area contributed by atoms with Crippen LogP contribution in [0.1, 0.15) is 46.7 Å². The van der Waals surface area contributed by atoms with E-state index < -0.39 is 6.04 Å². The summed E-state index contributed by atoms with van der Waals surface area (Å²) in [5.41, 5.74) is 3.58. The SMILES string of the molecule is CCOC(=O)CC(NC(=O)c1nnn(-c2cccc(C)c2)c1C)c1ccccc1. The van der Waals surface area contributed by atoms with Crippen molar-refractivity contribution in [2.75, 3.05) is 6.61 Å². The molecule has 1 heterocycles. The van der Waals surface area contributed by atoms with Gasteiger partial charge in [0.25, 0.3) is 5.91 Å². The molecule has 1 N–H and O–H groups in total. The Morgan fingerprint density at radius 2 is 1.86 bits per heavy atom. The van der Waals surface area contributed by atoms with Crippen molar-refractivity contribution in [2.45, 2.75) is 33.2 Å². The van der Waals surface area contributed by atoms with Gasteiger partial charge in [0.15, 0.2) is 5.69 Å². The Balaban J connectivity index is 1.84. The lowest BCUT2D eigenvalue weighted by molar-refractivity contribution is -0.143. The second-order valence-electron chi connectivity index (χ2n) is 6.72. The lowest BCUT2D eigenvalue weighted by Gasteiger charge is -2.18. The molecule has 0 radical (unpaired) electrons. The molecular weight excluding hydrogens is 368 g/mol. The number of hydrogen-bond acceptors (Lipinski definition) is 5. The van der Waals surface area contributed by atoms with E-state index in [-0.39, 0.29) is 30.6 Å². The molecule has 150 valence electrons. The predicted octanol–water partition coefficient (Wildman–Crippen LogP) is 3.31. The number of ether oxygens (including phenoxy) is 1. The normalized spacial score (nSPS) is 11.7. The van der Waals surface area contributed by atoms with Crippen LogP contribution in [0.3, 0.4) is 0 Å². The Labute approximate surface area is 169 Å². The van der Waals surface area contributed by atoms with E-state index in [2.05, 4.69) is 15.6 Å². The minimum absolute atomic E-state index is 0.0364. The monoisotopic (exact) mass is 392 g/mol. The molecule has 0 fully saturated rings. The van der Waals surface area contributed by atoms with E-state index in [0.29, 0.717) is 5.69 Å². The lowest BCUT2D eigenvalue weighted by atomic mass is 10.0. The maximum absolute atomic E-state index is 12.9. The Bertz CT molecular complexity index is 998. The Morgan fingerprint density at radius 1 is 1.10 bits per heavy atom. The molecule has 1 unspecified atom stereocenters. The molecule has 2 aromatic carbocycles. The van der Waals surface area contributed by atoms with Gasteiger partial charge in [-0.2, -0.15) is 0 Å². The number of aromatic nitrogens is 3. The summed E-state index contributed by atoms with van der Waals surface area (Å²) in [5, 5.41) is 11.1. The third-order valence-electron chi connectivity index (χ3n) is 4.54. The van der Waals surface area contributed by atoms with Gasteiger partial charge in [-0.25, -0.2) is 4.68 Å². The van der Waals surface area contributed by atoms with Crippen molar-refractivity contribution in [3.8, 4) is 5.69 Å². The van der Waals surface area contributed by atoms with Crippen molar-refractivity contribution in [3.05, 3.63) is 77.1 Å². The maximum Gasteiger partial charge on any atom is 0.308 e. The highest BCUT2D eigenvalue weighted by Gasteiger charge is 2.23. The number of nitrogens with zero attached hydrogens (tertiary/aromatic N) is 3. The highest BCUT2D eigenvalue weighted by Crippen LogP contribution is 2.19. The largest absolute Gasteiger partial charge is 0.466 e. The van der Waals surface area contributed by atoms with Gasteiger partial charge >= 0.3 is 5.97 Å². The molecule has 1 atom stereocenters. The molecule has 0 saturated carbocycles. The molecule has 0 aliphatic rings. The summed E-state index contributed by atoms with van der Waals surface area (Å²) in [4.78, 5) is 24.9. The average molecular weight is 392 g/mol. The highest BCUT2D eigenvalue weighted by molar-refractivity contribution is 5.93. The number of carbonyl (C=O) groups is 2. The number of aryl methyl sites for hydroxylation is 1. The molecule has 0 aliphatic heterocycles. The van der Waals surface area contributed by atoms with E-state index in [0.717, 1.165) is 16.8 Å². The number of hydrogen-bond donors (Lipinski definition) is 1. The average Bonchev–Trinajstić information content (AvgIpc) is 3.10. The van der Waals surface area contributed by atoms with Gasteiger partial charge in [0, 0.05) is 0 Å². The van der Waals surface area contributed by atoms with Crippen LogP contribution in [0.5, 0.6) is 0 Å². The first-order chi connectivity index (χ1) is 14.0. The minimum Gasteiger partial charge on any atom is -0.466 e. The highest BCUT2D eigenvalue weighted by atomic mass is 16.5. The van der Waals surface area contributed by atoms with E-state index in [4.69, 9.17) is 4.74 Å². The Morgan fingerprint density at radius 3 is 2.55 bits per heavy atom. The standard InChI is InChI=1S/C22H24N4O3/c1-4-29-20(27)14-19(17-10-6-5-7-11-17)23-22(28)21-16(3)26(25-24-21)18-12-8-9-15(2)13-18/h5-13,19H,4,14H2,1-3H3,(H,23,28). The molecule has 0 saturated heterocycles. The zero-order valence-electron chi connectivity index (χ0n) is 16.8. The van der Waals surface area contributed by atoms with Crippen LogP contribution in [0.4, 0.5) is 0 Å². The van der Waals surface area contributed by atoms with E-state index >= 15 is 0 Å². The summed E-state index contributed by atoms with van der Waals surface area (Å²) in [6.07, 6.45) is 0.0364. The van der Waals surface area contributed by atoms with Crippen LogP contribution in [0.15, 0.2) is 54.6 Å². The van der Waals surface area contributed by atoms with Crippen LogP contribution in [0, 0.1) is 13.8 Å². The molecule has 0 aliphatic carbocycles. The molecular formula is C22H24N4O3. The van der Waals surface area contributed by atoms with Crippen molar-refractivity contribution >= 4 is 11.9 Å². The van der Waals surface area contributed by atoms with Gasteiger partial charge in [-0.05, 0) is 44.0 Å². The van der Waals surface area contributed by atoms with Gasteiger partial charge in [0.05, 0.1) is 30.5 Å². The molecule has 1 aromatic heterocycles. The van der Waals surface area contributed by atoms with Crippen LogP contribution < -0.4 is 5.32 Å². The summed E-state index contributed by atoms with van der Waals surface area (Å²) in [7, 11) is 0. The second kappa shape index (κ2) is 9.14. The van der Waals surface area contributed by atoms with Crippen LogP contribution in [-0.4, -0.2) is 33.5 Å². The maximum atomic E-state index is 12.9. The van der Waals surface area contributed by atoms with Crippen LogP contribution in [0.2, 0.25) is 0 Å². The van der Waals surface area contributed by atoms with E-state index in [9.17, 15) is 9.59 Å². The number of benzene rings is 2. The smallest absolute Gasteiger partial charge is 0.308 e. The van der Waals surface area contributed by atoms with Crippen LogP contribution in [0.25, 0.3) is 5.69 Å². The first kappa shape index (κ1) is 20.3. The lowest BCUT2D eigenvalue weighted by Crippen LogP contribution is -2.31. The molecule has 0 spiro atoms. The van der Waals surface area contributed by atoms with Crippen LogP contribution in [-0.2, 0) is 9.53 Å². The fraction of sp³-hybridized carbons (Fsp3) is 0.273. The van der Waals surface area contributed by atoms with Crippen molar-refractivity contribution in [1.29, 1.82) is 0 Å². The summed E-state index contributed by atoms with van der Waals surface area (Å²) in [6, 6.07) is 16.6. The number of rotatable bonds is 7. The minimum atomic E-state index is -0.522. The number of esters is 1. The van der Waals surface area contributed by atoms with Crippen molar-refractivity contribution in [1.82, 2.24) is 20.3 Å². The van der Waals surface area contributed by atoms with E-state index in [1.807, 2.05) is 61.5 Å².